The fraction of sp³-hybridized carbons (Fsp3) is 0.526. The second kappa shape index (κ2) is 9.09. The largest absolute Gasteiger partial charge is 0.469 e. The third kappa shape index (κ3) is 4.80. The quantitative estimate of drug-likeness (QED) is 0.567. The summed E-state index contributed by atoms with van der Waals surface area (Å²) in [7, 11) is 1.38. The molecule has 1 aliphatic heterocycles. The number of piperidine rings is 1. The molecule has 3 rings (SSSR count). The summed E-state index contributed by atoms with van der Waals surface area (Å²) in [5, 5.41) is 4.06. The Morgan fingerprint density at radius 2 is 2.19 bits per heavy atom. The van der Waals surface area contributed by atoms with Gasteiger partial charge in [0.15, 0.2) is 11.6 Å². The lowest BCUT2D eigenvalue weighted by atomic mass is 10.0. The van der Waals surface area contributed by atoms with Crippen LogP contribution >= 0.6 is 11.3 Å². The highest BCUT2D eigenvalue weighted by Crippen LogP contribution is 2.28. The van der Waals surface area contributed by atoms with E-state index in [-0.39, 0.29) is 11.9 Å². The molecule has 0 aliphatic carbocycles. The summed E-state index contributed by atoms with van der Waals surface area (Å²) in [5.74, 6) is -0.199. The SMILES string of the molecule is COC(=O)CCCNC(=O)C[NH+]1CCCC[C@H]1c1nc2ccccc2s1. The van der Waals surface area contributed by atoms with Crippen LogP contribution in [0.2, 0.25) is 0 Å². The lowest BCUT2D eigenvalue weighted by molar-refractivity contribution is -0.929. The van der Waals surface area contributed by atoms with Crippen LogP contribution in [0.1, 0.15) is 43.2 Å². The van der Waals surface area contributed by atoms with Crippen molar-refractivity contribution in [3.63, 3.8) is 0 Å². The zero-order valence-electron chi connectivity index (χ0n) is 15.1. The monoisotopic (exact) mass is 376 g/mol. The number of amides is 1. The highest BCUT2D eigenvalue weighted by atomic mass is 32.1. The molecule has 2 atom stereocenters. The van der Waals surface area contributed by atoms with Gasteiger partial charge in [-0.25, -0.2) is 4.98 Å². The maximum absolute atomic E-state index is 12.3. The van der Waals surface area contributed by atoms with Crippen molar-refractivity contribution in [1.82, 2.24) is 10.3 Å². The normalized spacial score (nSPS) is 20.0. The van der Waals surface area contributed by atoms with Crippen molar-refractivity contribution in [2.24, 2.45) is 0 Å². The zero-order valence-corrected chi connectivity index (χ0v) is 15.9. The van der Waals surface area contributed by atoms with Gasteiger partial charge in [-0.15, -0.1) is 11.3 Å². The molecule has 1 fully saturated rings. The summed E-state index contributed by atoms with van der Waals surface area (Å²) < 4.78 is 5.81. The topological polar surface area (TPSA) is 72.7 Å². The molecule has 1 aromatic carbocycles. The third-order valence-electron chi connectivity index (χ3n) is 4.84. The van der Waals surface area contributed by atoms with Gasteiger partial charge in [0, 0.05) is 19.4 Å². The van der Waals surface area contributed by atoms with Gasteiger partial charge in [0.2, 0.25) is 0 Å². The molecular weight excluding hydrogens is 350 g/mol. The number of fused-ring (bicyclic) bond motifs is 1. The molecule has 0 radical (unpaired) electrons. The number of ether oxygens (including phenoxy) is 1. The van der Waals surface area contributed by atoms with Gasteiger partial charge in [0.1, 0.15) is 6.04 Å². The number of quaternary nitrogens is 1. The van der Waals surface area contributed by atoms with Crippen LogP contribution in [0.15, 0.2) is 24.3 Å². The Balaban J connectivity index is 1.56. The Hall–Kier alpha value is -1.99. The average molecular weight is 377 g/mol. The third-order valence-corrected chi connectivity index (χ3v) is 5.99. The van der Waals surface area contributed by atoms with Crippen molar-refractivity contribution >= 4 is 33.4 Å². The Bertz CT molecular complexity index is 728. The molecule has 1 amide bonds. The van der Waals surface area contributed by atoms with Crippen molar-refractivity contribution in [2.75, 3.05) is 26.7 Å². The molecule has 140 valence electrons. The number of rotatable bonds is 7. The molecule has 2 N–H and O–H groups in total. The first-order chi connectivity index (χ1) is 12.7. The van der Waals surface area contributed by atoms with Crippen LogP contribution in [0, 0.1) is 0 Å². The van der Waals surface area contributed by atoms with E-state index in [0.29, 0.717) is 32.0 Å². The van der Waals surface area contributed by atoms with Crippen LogP contribution in [-0.4, -0.2) is 43.6 Å². The number of nitrogens with zero attached hydrogens (tertiary/aromatic N) is 1. The second-order valence-corrected chi connectivity index (χ2v) is 7.75. The number of likely N-dealkylation sites (tertiary alicyclic amines) is 1. The highest BCUT2D eigenvalue weighted by molar-refractivity contribution is 7.18. The number of carbonyl (C=O) groups is 2. The van der Waals surface area contributed by atoms with Gasteiger partial charge >= 0.3 is 5.97 Å². The summed E-state index contributed by atoms with van der Waals surface area (Å²) in [4.78, 5) is 29.5. The summed E-state index contributed by atoms with van der Waals surface area (Å²) >= 11 is 1.75. The van der Waals surface area contributed by atoms with E-state index in [0.717, 1.165) is 29.9 Å². The fourth-order valence-corrected chi connectivity index (χ4v) is 4.62. The van der Waals surface area contributed by atoms with Gasteiger partial charge in [-0.2, -0.15) is 0 Å². The summed E-state index contributed by atoms with van der Waals surface area (Å²) in [6.45, 7) is 1.96. The van der Waals surface area contributed by atoms with Crippen LogP contribution in [0.25, 0.3) is 10.2 Å². The smallest absolute Gasteiger partial charge is 0.305 e. The van der Waals surface area contributed by atoms with Crippen molar-refractivity contribution in [2.45, 2.75) is 38.1 Å². The Morgan fingerprint density at radius 3 is 3.00 bits per heavy atom. The van der Waals surface area contributed by atoms with Crippen LogP contribution < -0.4 is 10.2 Å². The lowest BCUT2D eigenvalue weighted by Crippen LogP contribution is -3.14. The summed E-state index contributed by atoms with van der Waals surface area (Å²) in [6.07, 6.45) is 4.35. The van der Waals surface area contributed by atoms with Gasteiger partial charge in [0.05, 0.1) is 23.9 Å². The van der Waals surface area contributed by atoms with E-state index in [4.69, 9.17) is 4.98 Å². The van der Waals surface area contributed by atoms with E-state index < -0.39 is 0 Å². The number of esters is 1. The number of carbonyl (C=O) groups excluding carboxylic acids is 2. The van der Waals surface area contributed by atoms with Crippen LogP contribution in [0.4, 0.5) is 0 Å². The average Bonchev–Trinajstić information content (AvgIpc) is 3.09. The van der Waals surface area contributed by atoms with Crippen LogP contribution in [-0.2, 0) is 14.3 Å². The van der Waals surface area contributed by atoms with Crippen molar-refractivity contribution in [3.8, 4) is 0 Å². The van der Waals surface area contributed by atoms with Gasteiger partial charge in [0.25, 0.3) is 5.91 Å². The number of hydrogen-bond acceptors (Lipinski definition) is 5. The molecule has 2 heterocycles. The van der Waals surface area contributed by atoms with E-state index >= 15 is 0 Å². The number of nitrogens with one attached hydrogen (secondary N) is 2. The van der Waals surface area contributed by atoms with Crippen LogP contribution in [0.5, 0.6) is 0 Å². The standard InChI is InChI=1S/C19H25N3O3S/c1-25-18(24)10-6-11-20-17(23)13-22-12-5-4-8-15(22)19-21-14-7-2-3-9-16(14)26-19/h2-3,7,9,15H,4-6,8,10-13H2,1H3,(H,20,23)/p+1/t15-/m0/s1. The molecule has 1 aliphatic rings. The molecule has 7 heteroatoms. The maximum atomic E-state index is 12.3. The summed E-state index contributed by atoms with van der Waals surface area (Å²) in [6, 6.07) is 8.50. The first kappa shape index (κ1) is 18.8. The molecule has 26 heavy (non-hydrogen) atoms. The number of benzene rings is 1. The van der Waals surface area contributed by atoms with E-state index in [9.17, 15) is 9.59 Å². The zero-order chi connectivity index (χ0) is 18.4. The molecular formula is C19H26N3O3S+. The van der Waals surface area contributed by atoms with E-state index in [2.05, 4.69) is 16.1 Å². The van der Waals surface area contributed by atoms with E-state index in [1.54, 1.807) is 11.3 Å². The molecule has 1 saturated heterocycles. The molecule has 0 spiro atoms. The van der Waals surface area contributed by atoms with E-state index in [1.807, 2.05) is 18.2 Å². The molecule has 2 aromatic rings. The minimum atomic E-state index is -0.239. The lowest BCUT2D eigenvalue weighted by Gasteiger charge is -2.30. The number of thiazole rings is 1. The van der Waals surface area contributed by atoms with Gasteiger partial charge < -0.3 is 15.0 Å². The van der Waals surface area contributed by atoms with Gasteiger partial charge in [-0.3, -0.25) is 9.59 Å². The number of hydrogen-bond donors (Lipinski definition) is 2. The highest BCUT2D eigenvalue weighted by Gasteiger charge is 2.31. The Morgan fingerprint density at radius 1 is 1.35 bits per heavy atom. The van der Waals surface area contributed by atoms with Crippen LogP contribution in [0.3, 0.4) is 0 Å². The Labute approximate surface area is 157 Å². The first-order valence-electron chi connectivity index (χ1n) is 9.21. The Kier molecular flexibility index (Phi) is 6.57. The van der Waals surface area contributed by atoms with Crippen molar-refractivity contribution in [1.29, 1.82) is 0 Å². The second-order valence-electron chi connectivity index (χ2n) is 6.68. The van der Waals surface area contributed by atoms with E-state index in [1.165, 1.54) is 23.1 Å². The number of para-hydroxylation sites is 1. The van der Waals surface area contributed by atoms with Crippen molar-refractivity contribution in [3.05, 3.63) is 29.3 Å². The van der Waals surface area contributed by atoms with Gasteiger partial charge in [-0.05, 0) is 31.4 Å². The predicted octanol–water partition coefficient (Wildman–Crippen LogP) is 1.48. The molecule has 6 nitrogen and oxygen atoms in total. The molecule has 0 bridgehead atoms. The van der Waals surface area contributed by atoms with Gasteiger partial charge in [-0.1, -0.05) is 12.1 Å². The number of aromatic nitrogens is 1. The first-order valence-corrected chi connectivity index (χ1v) is 10.0. The molecule has 1 aromatic heterocycles. The number of methoxy groups -OCH3 is 1. The molecule has 1 unspecified atom stereocenters. The minimum Gasteiger partial charge on any atom is -0.469 e. The van der Waals surface area contributed by atoms with Crippen molar-refractivity contribution < 1.29 is 19.2 Å². The maximum Gasteiger partial charge on any atom is 0.305 e. The fourth-order valence-electron chi connectivity index (χ4n) is 3.46. The summed E-state index contributed by atoms with van der Waals surface area (Å²) in [5.41, 5.74) is 1.05. The molecule has 0 saturated carbocycles. The predicted molar refractivity (Wildman–Crippen MR) is 101 cm³/mol. The minimum absolute atomic E-state index is 0.0397.